The Morgan fingerprint density at radius 1 is 1.28 bits per heavy atom. The number of benzene rings is 1. The highest BCUT2D eigenvalue weighted by Gasteiger charge is 2.31. The lowest BCUT2D eigenvalue weighted by atomic mass is 9.86. The van der Waals surface area contributed by atoms with Crippen LogP contribution < -0.4 is 10.1 Å². The fourth-order valence-electron chi connectivity index (χ4n) is 3.85. The zero-order valence-electron chi connectivity index (χ0n) is 15.0. The van der Waals surface area contributed by atoms with Gasteiger partial charge in [0.15, 0.2) is 5.56 Å². The molecule has 2 fully saturated rings. The van der Waals surface area contributed by atoms with E-state index in [1.807, 2.05) is 12.1 Å². The predicted molar refractivity (Wildman–Crippen MR) is 102 cm³/mol. The van der Waals surface area contributed by atoms with E-state index in [0.717, 1.165) is 35.8 Å². The first-order valence-corrected chi connectivity index (χ1v) is 10.4. The summed E-state index contributed by atoms with van der Waals surface area (Å²) in [5.74, 6) is 1.76. The molecule has 0 bridgehead atoms. The van der Waals surface area contributed by atoms with Gasteiger partial charge in [-0.15, -0.1) is 0 Å². The summed E-state index contributed by atoms with van der Waals surface area (Å²) >= 11 is 1.27. The molecule has 0 aromatic heterocycles. The maximum absolute atomic E-state index is 11.7. The Balaban J connectivity index is 1.44. The number of aryl methyl sites for hydroxylation is 1. The average molecular weight is 364 g/mol. The van der Waals surface area contributed by atoms with Gasteiger partial charge in [-0.05, 0) is 49.3 Å². The molecule has 1 saturated carbocycles. The van der Waals surface area contributed by atoms with E-state index in [2.05, 4.69) is 18.3 Å². The largest absolute Gasteiger partial charge is 0.493 e. The van der Waals surface area contributed by atoms with Crippen LogP contribution in [0.15, 0.2) is 18.2 Å². The van der Waals surface area contributed by atoms with Gasteiger partial charge in [0.05, 0.1) is 11.9 Å². The fraction of sp³-hybridized carbons (Fsp3) is 0.650. The second-order valence-corrected chi connectivity index (χ2v) is 8.57. The molecule has 5 heteroatoms. The lowest BCUT2D eigenvalue weighted by Crippen LogP contribution is -2.27. The van der Waals surface area contributed by atoms with Gasteiger partial charge in [-0.3, -0.25) is 4.79 Å². The van der Waals surface area contributed by atoms with E-state index in [1.54, 1.807) is 0 Å². The van der Waals surface area contributed by atoms with Crippen molar-refractivity contribution in [2.24, 2.45) is 5.92 Å². The Morgan fingerprint density at radius 2 is 2.08 bits per heavy atom. The molecule has 1 aromatic rings. The van der Waals surface area contributed by atoms with Crippen LogP contribution >= 0.6 is 11.8 Å². The van der Waals surface area contributed by atoms with Gasteiger partial charge in [0.25, 0.3) is 0 Å². The summed E-state index contributed by atoms with van der Waals surface area (Å²) in [6.45, 7) is 2.83. The van der Waals surface area contributed by atoms with E-state index in [4.69, 9.17) is 4.74 Å². The first kappa shape index (κ1) is 18.6. The maximum atomic E-state index is 11.7. The van der Waals surface area contributed by atoms with E-state index in [-0.39, 0.29) is 11.2 Å². The molecule has 4 nitrogen and oxygen atoms in total. The monoisotopic (exact) mass is 363 g/mol. The molecule has 2 unspecified atom stereocenters. The van der Waals surface area contributed by atoms with Gasteiger partial charge in [-0.1, -0.05) is 56.0 Å². The van der Waals surface area contributed by atoms with Gasteiger partial charge in [0, 0.05) is 0 Å². The minimum absolute atomic E-state index is 0.0850. The molecule has 3 rings (SSSR count). The Bertz CT molecular complexity index is 586. The number of ether oxygens (including phenoxy) is 1. The molecule has 25 heavy (non-hydrogen) atoms. The molecule has 1 heterocycles. The molecule has 1 amide bonds. The van der Waals surface area contributed by atoms with Crippen molar-refractivity contribution in [3.8, 4) is 5.75 Å². The highest BCUT2D eigenvalue weighted by Crippen LogP contribution is 2.29. The van der Waals surface area contributed by atoms with Gasteiger partial charge in [0.1, 0.15) is 5.75 Å². The van der Waals surface area contributed by atoms with E-state index in [0.29, 0.717) is 6.42 Å². The number of carbonyl (C=O) groups excluding carboxylic acids is 1. The molecule has 2 atom stereocenters. The number of thioether (sulfide) groups is 1. The highest BCUT2D eigenvalue weighted by atomic mass is 32.2. The number of nitrogens with one attached hydrogen (secondary N) is 1. The van der Waals surface area contributed by atoms with Crippen LogP contribution in [0.2, 0.25) is 0 Å². The van der Waals surface area contributed by atoms with Crippen LogP contribution in [-0.4, -0.2) is 28.4 Å². The quantitative estimate of drug-likeness (QED) is 0.724. The topological polar surface area (TPSA) is 58.6 Å². The van der Waals surface area contributed by atoms with Gasteiger partial charge in [0.2, 0.25) is 5.91 Å². The second kappa shape index (κ2) is 8.95. The molecule has 1 saturated heterocycles. The van der Waals surface area contributed by atoms with Crippen molar-refractivity contribution in [3.05, 3.63) is 29.3 Å². The minimum atomic E-state index is -0.773. The number of carbonyl (C=O) groups is 1. The van der Waals surface area contributed by atoms with Crippen LogP contribution in [0.3, 0.4) is 0 Å². The Hall–Kier alpha value is -1.20. The molecule has 1 aliphatic carbocycles. The van der Waals surface area contributed by atoms with Gasteiger partial charge < -0.3 is 15.2 Å². The lowest BCUT2D eigenvalue weighted by Gasteiger charge is -2.21. The highest BCUT2D eigenvalue weighted by molar-refractivity contribution is 8.01. The molecule has 1 aliphatic heterocycles. The third kappa shape index (κ3) is 5.38. The summed E-state index contributed by atoms with van der Waals surface area (Å²) in [6.07, 6.45) is 10.1. The summed E-state index contributed by atoms with van der Waals surface area (Å²) in [5.41, 5.74) is 1.44. The standard InChI is InChI=1S/C20H29NO3S/c1-14-12-16(13-18-19(22)21-20(23)25-18)9-10-17(14)24-11-5-8-15-6-3-2-4-7-15/h9-10,12,15,18,20,23H,2-8,11,13H2,1H3,(H,21,22). The van der Waals surface area contributed by atoms with Crippen LogP contribution in [0.5, 0.6) is 5.75 Å². The molecule has 1 aromatic carbocycles. The maximum Gasteiger partial charge on any atom is 0.236 e. The van der Waals surface area contributed by atoms with Gasteiger partial charge in [-0.25, -0.2) is 0 Å². The molecule has 2 N–H and O–H groups in total. The van der Waals surface area contributed by atoms with Crippen molar-refractivity contribution in [2.45, 2.75) is 69.1 Å². The summed E-state index contributed by atoms with van der Waals surface area (Å²) in [5, 5.41) is 11.8. The van der Waals surface area contributed by atoms with Crippen molar-refractivity contribution < 1.29 is 14.6 Å². The summed E-state index contributed by atoms with van der Waals surface area (Å²) in [4.78, 5) is 11.7. The van der Waals surface area contributed by atoms with Gasteiger partial charge >= 0.3 is 0 Å². The van der Waals surface area contributed by atoms with Crippen molar-refractivity contribution in [3.63, 3.8) is 0 Å². The smallest absolute Gasteiger partial charge is 0.236 e. The zero-order valence-corrected chi connectivity index (χ0v) is 15.8. The fourth-order valence-corrected chi connectivity index (χ4v) is 4.83. The number of aliphatic hydroxyl groups excluding tert-OH is 1. The number of rotatable bonds is 7. The van der Waals surface area contributed by atoms with E-state index < -0.39 is 5.56 Å². The van der Waals surface area contributed by atoms with Crippen molar-refractivity contribution in [1.82, 2.24) is 5.32 Å². The predicted octanol–water partition coefficient (Wildman–Crippen LogP) is 3.78. The molecule has 2 aliphatic rings. The molecular formula is C20H29NO3S. The lowest BCUT2D eigenvalue weighted by molar-refractivity contribution is -0.121. The van der Waals surface area contributed by atoms with Crippen LogP contribution in [0.25, 0.3) is 0 Å². The van der Waals surface area contributed by atoms with Crippen molar-refractivity contribution in [1.29, 1.82) is 0 Å². The third-order valence-electron chi connectivity index (χ3n) is 5.25. The summed E-state index contributed by atoms with van der Waals surface area (Å²) in [7, 11) is 0. The number of hydrogen-bond acceptors (Lipinski definition) is 4. The summed E-state index contributed by atoms with van der Waals surface area (Å²) in [6, 6.07) is 6.14. The third-order valence-corrected chi connectivity index (χ3v) is 6.34. The van der Waals surface area contributed by atoms with Crippen LogP contribution in [0, 0.1) is 12.8 Å². The average Bonchev–Trinajstić information content (AvgIpc) is 2.91. The number of amides is 1. The van der Waals surface area contributed by atoms with Gasteiger partial charge in [-0.2, -0.15) is 0 Å². The molecule has 138 valence electrons. The number of hydrogen-bond donors (Lipinski definition) is 2. The first-order valence-electron chi connectivity index (χ1n) is 9.48. The number of aliphatic hydroxyl groups is 1. The van der Waals surface area contributed by atoms with Crippen molar-refractivity contribution >= 4 is 17.7 Å². The van der Waals surface area contributed by atoms with Crippen LogP contribution in [-0.2, 0) is 11.2 Å². The van der Waals surface area contributed by atoms with E-state index >= 15 is 0 Å². The Kier molecular flexibility index (Phi) is 6.65. The minimum Gasteiger partial charge on any atom is -0.493 e. The molecule has 0 radical (unpaired) electrons. The zero-order chi connectivity index (χ0) is 17.6. The van der Waals surface area contributed by atoms with Crippen LogP contribution in [0.4, 0.5) is 0 Å². The summed E-state index contributed by atoms with van der Waals surface area (Å²) < 4.78 is 5.97. The van der Waals surface area contributed by atoms with Crippen molar-refractivity contribution in [2.75, 3.05) is 6.61 Å². The SMILES string of the molecule is Cc1cc(CC2SC(O)NC2=O)ccc1OCCCC1CCCCC1. The second-order valence-electron chi connectivity index (χ2n) is 7.28. The Morgan fingerprint density at radius 3 is 2.76 bits per heavy atom. The molecular weight excluding hydrogens is 334 g/mol. The van der Waals surface area contributed by atoms with E-state index in [1.165, 1.54) is 50.3 Å². The van der Waals surface area contributed by atoms with Crippen LogP contribution in [0.1, 0.15) is 56.1 Å². The first-order chi connectivity index (χ1) is 12.1. The Labute approximate surface area is 154 Å². The van der Waals surface area contributed by atoms with E-state index in [9.17, 15) is 9.90 Å². The normalized spacial score (nSPS) is 24.3. The molecule has 0 spiro atoms.